The molecule has 2 aliphatic rings. The van der Waals surface area contributed by atoms with Crippen molar-refractivity contribution in [1.29, 1.82) is 0 Å². The molecule has 5 nitrogen and oxygen atoms in total. The Hall–Kier alpha value is -3.41. The zero-order valence-electron chi connectivity index (χ0n) is 19.9. The fraction of sp³-hybridized carbons (Fsp3) is 0.379. The van der Waals surface area contributed by atoms with Crippen LogP contribution in [0.2, 0.25) is 0 Å². The number of carbonyl (C=O) groups is 1. The van der Waals surface area contributed by atoms with Crippen LogP contribution >= 0.6 is 0 Å². The maximum atomic E-state index is 13.5. The molecule has 0 saturated heterocycles. The van der Waals surface area contributed by atoms with Crippen molar-refractivity contribution < 1.29 is 13.9 Å². The smallest absolute Gasteiger partial charge is 0.228 e. The monoisotopic (exact) mass is 473 g/mol. The van der Waals surface area contributed by atoms with Crippen LogP contribution in [0, 0.1) is 11.8 Å². The lowest BCUT2D eigenvalue weighted by Gasteiger charge is -2.25. The van der Waals surface area contributed by atoms with E-state index >= 15 is 0 Å². The number of ether oxygens (including phenoxy) is 1. The summed E-state index contributed by atoms with van der Waals surface area (Å²) in [6, 6.07) is 16.1. The number of benzene rings is 2. The van der Waals surface area contributed by atoms with Gasteiger partial charge in [-0.2, -0.15) is 0 Å². The number of hydrogen-bond donors (Lipinski definition) is 2. The van der Waals surface area contributed by atoms with Gasteiger partial charge < -0.3 is 15.4 Å². The van der Waals surface area contributed by atoms with E-state index in [0.29, 0.717) is 37.8 Å². The average Bonchev–Trinajstić information content (AvgIpc) is 3.68. The van der Waals surface area contributed by atoms with E-state index in [0.717, 1.165) is 41.3 Å². The highest BCUT2D eigenvalue weighted by molar-refractivity contribution is 5.97. The molecular weight excluding hydrogens is 441 g/mol. The summed E-state index contributed by atoms with van der Waals surface area (Å²) in [5.74, 6) is 1.19. The number of anilines is 1. The Kier molecular flexibility index (Phi) is 6.98. The third-order valence-electron chi connectivity index (χ3n) is 7.16. The van der Waals surface area contributed by atoms with E-state index in [1.807, 2.05) is 42.6 Å². The maximum absolute atomic E-state index is 13.5. The predicted octanol–water partition coefficient (Wildman–Crippen LogP) is 6.08. The van der Waals surface area contributed by atoms with E-state index in [9.17, 15) is 9.18 Å². The molecule has 0 aliphatic heterocycles. The zero-order valence-corrected chi connectivity index (χ0v) is 19.9. The molecule has 2 aliphatic carbocycles. The molecule has 5 rings (SSSR count). The Bertz CT molecular complexity index is 1200. The second-order valence-electron chi connectivity index (χ2n) is 9.84. The van der Waals surface area contributed by atoms with E-state index in [4.69, 9.17) is 4.74 Å². The third-order valence-corrected chi connectivity index (χ3v) is 7.16. The normalized spacial score (nSPS) is 23.5. The van der Waals surface area contributed by atoms with Crippen LogP contribution in [-0.4, -0.2) is 23.6 Å². The maximum Gasteiger partial charge on any atom is 0.228 e. The second kappa shape index (κ2) is 10.5. The van der Waals surface area contributed by atoms with Gasteiger partial charge in [-0.05, 0) is 78.8 Å². The van der Waals surface area contributed by atoms with E-state index in [-0.39, 0.29) is 17.7 Å². The quantitative estimate of drug-likeness (QED) is 0.370. The number of amides is 1. The second-order valence-corrected chi connectivity index (χ2v) is 9.84. The fourth-order valence-corrected chi connectivity index (χ4v) is 5.00. The SMILES string of the molecule is C=C(NCC1CCCC(F)C1)OCc1ccc(C2CC2C(=O)Nc2ccc3cnccc3c2)cc1. The largest absolute Gasteiger partial charge is 0.475 e. The lowest BCUT2D eigenvalue weighted by molar-refractivity contribution is -0.117. The first-order chi connectivity index (χ1) is 17.0. The molecule has 6 heteroatoms. The van der Waals surface area contributed by atoms with Gasteiger partial charge in [0.2, 0.25) is 5.91 Å². The molecule has 2 aromatic carbocycles. The van der Waals surface area contributed by atoms with E-state index in [1.54, 1.807) is 6.20 Å². The highest BCUT2D eigenvalue weighted by Crippen LogP contribution is 2.48. The summed E-state index contributed by atoms with van der Waals surface area (Å²) in [6.45, 7) is 5.07. The van der Waals surface area contributed by atoms with E-state index in [1.165, 1.54) is 5.56 Å². The molecular formula is C29H32FN3O2. The van der Waals surface area contributed by atoms with Crippen LogP contribution in [0.25, 0.3) is 10.8 Å². The summed E-state index contributed by atoms with van der Waals surface area (Å²) >= 11 is 0. The molecule has 35 heavy (non-hydrogen) atoms. The Morgan fingerprint density at radius 2 is 1.94 bits per heavy atom. The first-order valence-electron chi connectivity index (χ1n) is 12.5. The van der Waals surface area contributed by atoms with Crippen molar-refractivity contribution in [2.75, 3.05) is 11.9 Å². The number of pyridine rings is 1. The highest BCUT2D eigenvalue weighted by atomic mass is 19.1. The topological polar surface area (TPSA) is 63.2 Å². The Morgan fingerprint density at radius 3 is 2.77 bits per heavy atom. The summed E-state index contributed by atoms with van der Waals surface area (Å²) in [5.41, 5.74) is 3.03. The molecule has 4 unspecified atom stereocenters. The van der Waals surface area contributed by atoms with Crippen molar-refractivity contribution >= 4 is 22.4 Å². The van der Waals surface area contributed by atoms with Gasteiger partial charge in [-0.1, -0.05) is 36.8 Å². The van der Waals surface area contributed by atoms with Crippen molar-refractivity contribution in [3.8, 4) is 0 Å². The van der Waals surface area contributed by atoms with E-state index in [2.05, 4.69) is 34.3 Å². The minimum absolute atomic E-state index is 0.00193. The number of alkyl halides is 1. The fourth-order valence-electron chi connectivity index (χ4n) is 5.00. The summed E-state index contributed by atoms with van der Waals surface area (Å²) < 4.78 is 19.3. The van der Waals surface area contributed by atoms with Crippen molar-refractivity contribution in [2.45, 2.75) is 50.8 Å². The number of hydrogen-bond acceptors (Lipinski definition) is 4. The first-order valence-corrected chi connectivity index (χ1v) is 12.5. The van der Waals surface area contributed by atoms with E-state index < -0.39 is 6.17 Å². The number of fused-ring (bicyclic) bond motifs is 1. The minimum atomic E-state index is -0.670. The Morgan fingerprint density at radius 1 is 1.09 bits per heavy atom. The van der Waals surface area contributed by atoms with Crippen LogP contribution in [0.4, 0.5) is 10.1 Å². The van der Waals surface area contributed by atoms with Gasteiger partial charge in [-0.15, -0.1) is 0 Å². The number of halogens is 1. The highest BCUT2D eigenvalue weighted by Gasteiger charge is 2.43. The molecule has 4 atom stereocenters. The number of nitrogens with zero attached hydrogens (tertiary/aromatic N) is 1. The van der Waals surface area contributed by atoms with Crippen LogP contribution in [0.15, 0.2) is 73.4 Å². The lowest BCUT2D eigenvalue weighted by Crippen LogP contribution is -2.27. The number of aromatic nitrogens is 1. The zero-order chi connectivity index (χ0) is 24.2. The lowest BCUT2D eigenvalue weighted by atomic mass is 9.88. The van der Waals surface area contributed by atoms with Gasteiger partial charge in [-0.3, -0.25) is 9.78 Å². The van der Waals surface area contributed by atoms with Gasteiger partial charge in [-0.25, -0.2) is 4.39 Å². The molecule has 2 fully saturated rings. The Balaban J connectivity index is 1.07. The number of rotatable bonds is 9. The number of carbonyl (C=O) groups excluding carboxylic acids is 1. The van der Waals surface area contributed by atoms with Gasteiger partial charge in [0.25, 0.3) is 0 Å². The first kappa shape index (κ1) is 23.3. The molecule has 2 N–H and O–H groups in total. The van der Waals surface area contributed by atoms with Gasteiger partial charge >= 0.3 is 0 Å². The molecule has 0 radical (unpaired) electrons. The summed E-state index contributed by atoms with van der Waals surface area (Å²) in [6.07, 6.45) is 7.10. The van der Waals surface area contributed by atoms with Gasteiger partial charge in [0.05, 0.1) is 0 Å². The number of nitrogens with one attached hydrogen (secondary N) is 2. The molecule has 3 aromatic rings. The summed E-state index contributed by atoms with van der Waals surface area (Å²) in [4.78, 5) is 16.9. The minimum Gasteiger partial charge on any atom is -0.475 e. The summed E-state index contributed by atoms with van der Waals surface area (Å²) in [5, 5.41) is 8.37. The third kappa shape index (κ3) is 5.99. The van der Waals surface area contributed by atoms with Crippen molar-refractivity contribution in [3.05, 3.63) is 84.5 Å². The van der Waals surface area contributed by atoms with Crippen LogP contribution in [0.3, 0.4) is 0 Å². The molecule has 1 aromatic heterocycles. The van der Waals surface area contributed by atoms with Gasteiger partial charge in [0.15, 0.2) is 5.88 Å². The van der Waals surface area contributed by atoms with Crippen LogP contribution < -0.4 is 10.6 Å². The molecule has 2 saturated carbocycles. The van der Waals surface area contributed by atoms with Gasteiger partial charge in [0.1, 0.15) is 12.8 Å². The predicted molar refractivity (Wildman–Crippen MR) is 136 cm³/mol. The van der Waals surface area contributed by atoms with Crippen LogP contribution in [0.5, 0.6) is 0 Å². The summed E-state index contributed by atoms with van der Waals surface area (Å²) in [7, 11) is 0. The van der Waals surface area contributed by atoms with Crippen molar-refractivity contribution in [2.24, 2.45) is 11.8 Å². The molecule has 1 amide bonds. The van der Waals surface area contributed by atoms with Gasteiger partial charge in [0, 0.05) is 35.9 Å². The Labute approximate surface area is 205 Å². The average molecular weight is 474 g/mol. The molecule has 0 spiro atoms. The molecule has 182 valence electrons. The van der Waals surface area contributed by atoms with Crippen LogP contribution in [-0.2, 0) is 16.1 Å². The standard InChI is InChI=1S/C29H32FN3O2/c1-19(32-16-21-3-2-4-25(30)13-21)35-18-20-5-7-22(8-6-20)27-15-28(27)29(34)33-26-10-9-24-17-31-12-11-23(24)14-26/h5-12,14,17,21,25,27-28,32H,1-4,13,15-16,18H2,(H,33,34). The molecule has 1 heterocycles. The molecule has 0 bridgehead atoms. The van der Waals surface area contributed by atoms with Crippen molar-refractivity contribution in [1.82, 2.24) is 10.3 Å². The van der Waals surface area contributed by atoms with Crippen molar-refractivity contribution in [3.63, 3.8) is 0 Å². The van der Waals surface area contributed by atoms with Crippen LogP contribution in [0.1, 0.15) is 49.1 Å².